The van der Waals surface area contributed by atoms with E-state index in [2.05, 4.69) is 4.98 Å². The Morgan fingerprint density at radius 3 is 2.65 bits per heavy atom. The number of benzene rings is 1. The molecule has 0 saturated carbocycles. The molecule has 0 radical (unpaired) electrons. The average Bonchev–Trinajstić information content (AvgIpc) is 2.80. The maximum absolute atomic E-state index is 11.3. The third kappa shape index (κ3) is 3.05. The Morgan fingerprint density at radius 1 is 1.41 bits per heavy atom. The minimum absolute atomic E-state index is 0.460. The number of carboxylic acids is 1. The Morgan fingerprint density at radius 2 is 2.12 bits per heavy atom. The molecule has 0 aliphatic rings. The predicted molar refractivity (Wildman–Crippen MR) is 67.6 cm³/mol. The Labute approximate surface area is 108 Å². The van der Waals surface area contributed by atoms with Gasteiger partial charge in [0.1, 0.15) is 0 Å². The minimum atomic E-state index is -0.833. The SMILES string of the molecule is O=C(O)C(Cc1cncs1)c1ccc(Cl)cc1. The molecule has 0 bridgehead atoms. The molecule has 1 heterocycles. The quantitative estimate of drug-likeness (QED) is 0.925. The molecule has 1 atom stereocenters. The van der Waals surface area contributed by atoms with Gasteiger partial charge in [-0.05, 0) is 17.7 Å². The number of aromatic nitrogens is 1. The topological polar surface area (TPSA) is 50.2 Å². The molecule has 0 spiro atoms. The number of thiazole rings is 1. The summed E-state index contributed by atoms with van der Waals surface area (Å²) in [5, 5.41) is 9.85. The highest BCUT2D eigenvalue weighted by Crippen LogP contribution is 2.24. The first-order valence-electron chi connectivity index (χ1n) is 5.02. The van der Waals surface area contributed by atoms with Crippen LogP contribution in [0.5, 0.6) is 0 Å². The molecule has 0 aliphatic carbocycles. The van der Waals surface area contributed by atoms with Gasteiger partial charge in [0, 0.05) is 22.5 Å². The van der Waals surface area contributed by atoms with E-state index in [0.717, 1.165) is 10.4 Å². The zero-order valence-electron chi connectivity index (χ0n) is 8.84. The fraction of sp³-hybridized carbons (Fsp3) is 0.167. The normalized spacial score (nSPS) is 12.3. The van der Waals surface area contributed by atoms with Crippen LogP contribution >= 0.6 is 22.9 Å². The summed E-state index contributed by atoms with van der Waals surface area (Å²) in [6, 6.07) is 6.92. The lowest BCUT2D eigenvalue weighted by molar-refractivity contribution is -0.138. The molecule has 0 aliphatic heterocycles. The number of carboxylic acid groups (broad SMARTS) is 1. The number of nitrogens with zero attached hydrogens (tertiary/aromatic N) is 1. The van der Waals surface area contributed by atoms with Gasteiger partial charge < -0.3 is 5.11 Å². The van der Waals surface area contributed by atoms with Gasteiger partial charge in [0.25, 0.3) is 0 Å². The van der Waals surface area contributed by atoms with Gasteiger partial charge in [0.05, 0.1) is 11.4 Å². The molecule has 0 saturated heterocycles. The van der Waals surface area contributed by atoms with E-state index in [1.54, 1.807) is 36.0 Å². The van der Waals surface area contributed by atoms with Gasteiger partial charge in [-0.2, -0.15) is 0 Å². The third-order valence-corrected chi connectivity index (χ3v) is 3.51. The molecule has 0 fully saturated rings. The summed E-state index contributed by atoms with van der Waals surface area (Å²) in [6.45, 7) is 0. The van der Waals surface area contributed by atoms with Crippen LogP contribution in [0.4, 0.5) is 0 Å². The van der Waals surface area contributed by atoms with Gasteiger partial charge in [-0.3, -0.25) is 9.78 Å². The van der Waals surface area contributed by atoms with Crippen molar-refractivity contribution in [1.29, 1.82) is 0 Å². The van der Waals surface area contributed by atoms with E-state index in [4.69, 9.17) is 11.6 Å². The number of aliphatic carboxylic acids is 1. The van der Waals surface area contributed by atoms with Crippen LogP contribution in [-0.4, -0.2) is 16.1 Å². The zero-order chi connectivity index (χ0) is 12.3. The van der Waals surface area contributed by atoms with E-state index in [9.17, 15) is 9.90 Å². The first kappa shape index (κ1) is 12.1. The Bertz CT molecular complexity index is 496. The molecule has 3 nitrogen and oxygen atoms in total. The lowest BCUT2D eigenvalue weighted by Gasteiger charge is -2.11. The number of hydrogen-bond acceptors (Lipinski definition) is 3. The van der Waals surface area contributed by atoms with Gasteiger partial charge in [0.15, 0.2) is 0 Å². The predicted octanol–water partition coefficient (Wildman–Crippen LogP) is 3.21. The summed E-state index contributed by atoms with van der Waals surface area (Å²) in [4.78, 5) is 16.2. The monoisotopic (exact) mass is 267 g/mol. The fourth-order valence-corrected chi connectivity index (χ4v) is 2.35. The molecule has 1 aromatic carbocycles. The maximum atomic E-state index is 11.3. The van der Waals surface area contributed by atoms with Crippen molar-refractivity contribution in [3.8, 4) is 0 Å². The van der Waals surface area contributed by atoms with Crippen LogP contribution in [0.3, 0.4) is 0 Å². The van der Waals surface area contributed by atoms with Crippen LogP contribution in [0.15, 0.2) is 36.0 Å². The van der Waals surface area contributed by atoms with Gasteiger partial charge >= 0.3 is 5.97 Å². The Balaban J connectivity index is 2.23. The highest BCUT2D eigenvalue weighted by Gasteiger charge is 2.20. The molecular formula is C12H10ClNO2S. The van der Waals surface area contributed by atoms with Gasteiger partial charge in [-0.25, -0.2) is 0 Å². The van der Waals surface area contributed by atoms with E-state index < -0.39 is 11.9 Å². The molecule has 2 aromatic rings. The summed E-state index contributed by atoms with van der Waals surface area (Å²) in [6.07, 6.45) is 2.16. The average molecular weight is 268 g/mol. The highest BCUT2D eigenvalue weighted by molar-refractivity contribution is 7.09. The van der Waals surface area contributed by atoms with Crippen molar-refractivity contribution in [1.82, 2.24) is 4.98 Å². The van der Waals surface area contributed by atoms with Crippen molar-refractivity contribution in [3.05, 3.63) is 51.4 Å². The number of rotatable bonds is 4. The second-order valence-corrected chi connectivity index (χ2v) is 5.02. The highest BCUT2D eigenvalue weighted by atomic mass is 35.5. The van der Waals surface area contributed by atoms with Crippen LogP contribution < -0.4 is 0 Å². The number of halogens is 1. The van der Waals surface area contributed by atoms with Gasteiger partial charge in [-0.15, -0.1) is 11.3 Å². The minimum Gasteiger partial charge on any atom is -0.481 e. The van der Waals surface area contributed by atoms with Crippen LogP contribution in [0.2, 0.25) is 5.02 Å². The molecule has 2 rings (SSSR count). The molecular weight excluding hydrogens is 258 g/mol. The van der Waals surface area contributed by atoms with Crippen LogP contribution in [-0.2, 0) is 11.2 Å². The summed E-state index contributed by atoms with van der Waals surface area (Å²) in [5.41, 5.74) is 2.46. The lowest BCUT2D eigenvalue weighted by atomic mass is 9.95. The molecule has 5 heteroatoms. The van der Waals surface area contributed by atoms with E-state index >= 15 is 0 Å². The third-order valence-electron chi connectivity index (χ3n) is 2.46. The van der Waals surface area contributed by atoms with E-state index in [1.807, 2.05) is 0 Å². The van der Waals surface area contributed by atoms with Gasteiger partial charge in [-0.1, -0.05) is 23.7 Å². The van der Waals surface area contributed by atoms with E-state index in [-0.39, 0.29) is 0 Å². The van der Waals surface area contributed by atoms with Crippen molar-refractivity contribution >= 4 is 28.9 Å². The summed E-state index contributed by atoms with van der Waals surface area (Å²) < 4.78 is 0. The van der Waals surface area contributed by atoms with Crippen molar-refractivity contribution in [3.63, 3.8) is 0 Å². The largest absolute Gasteiger partial charge is 0.481 e. The zero-order valence-corrected chi connectivity index (χ0v) is 10.4. The second kappa shape index (κ2) is 5.29. The van der Waals surface area contributed by atoms with Crippen molar-refractivity contribution in [2.24, 2.45) is 0 Å². The maximum Gasteiger partial charge on any atom is 0.311 e. The fourth-order valence-electron chi connectivity index (χ4n) is 1.59. The molecule has 88 valence electrons. The molecule has 17 heavy (non-hydrogen) atoms. The summed E-state index contributed by atoms with van der Waals surface area (Å²) in [5.74, 6) is -1.38. The second-order valence-electron chi connectivity index (χ2n) is 3.61. The smallest absolute Gasteiger partial charge is 0.311 e. The first-order valence-corrected chi connectivity index (χ1v) is 6.28. The summed E-state index contributed by atoms with van der Waals surface area (Å²) in [7, 11) is 0. The van der Waals surface area contributed by atoms with Crippen LogP contribution in [0, 0.1) is 0 Å². The lowest BCUT2D eigenvalue weighted by Crippen LogP contribution is -2.13. The first-order chi connectivity index (χ1) is 8.16. The molecule has 1 aromatic heterocycles. The summed E-state index contributed by atoms with van der Waals surface area (Å²) >= 11 is 7.25. The Hall–Kier alpha value is -1.39. The van der Waals surface area contributed by atoms with E-state index in [1.165, 1.54) is 11.3 Å². The van der Waals surface area contributed by atoms with Crippen molar-refractivity contribution in [2.75, 3.05) is 0 Å². The molecule has 1 unspecified atom stereocenters. The van der Waals surface area contributed by atoms with E-state index in [0.29, 0.717) is 11.4 Å². The van der Waals surface area contributed by atoms with Crippen molar-refractivity contribution in [2.45, 2.75) is 12.3 Å². The number of hydrogen-bond donors (Lipinski definition) is 1. The van der Waals surface area contributed by atoms with Crippen molar-refractivity contribution < 1.29 is 9.90 Å². The molecule has 0 amide bonds. The number of carbonyl (C=O) groups is 1. The van der Waals surface area contributed by atoms with Gasteiger partial charge in [0.2, 0.25) is 0 Å². The standard InChI is InChI=1S/C12H10ClNO2S/c13-9-3-1-8(2-4-9)11(12(15)16)5-10-6-14-7-17-10/h1-4,6-7,11H,5H2,(H,15,16). The van der Waals surface area contributed by atoms with Crippen LogP contribution in [0.1, 0.15) is 16.4 Å². The van der Waals surface area contributed by atoms with Crippen LogP contribution in [0.25, 0.3) is 0 Å². The molecule has 1 N–H and O–H groups in total. The Kier molecular flexibility index (Phi) is 3.76.